The van der Waals surface area contributed by atoms with E-state index in [0.717, 1.165) is 25.9 Å². The van der Waals surface area contributed by atoms with Crippen LogP contribution in [0.15, 0.2) is 16.7 Å². The minimum atomic E-state index is -0.625. The van der Waals surface area contributed by atoms with Gasteiger partial charge >= 0.3 is 6.03 Å². The summed E-state index contributed by atoms with van der Waals surface area (Å²) in [4.78, 5) is 26.6. The maximum absolute atomic E-state index is 12.4. The molecule has 1 aromatic rings. The molecule has 1 fully saturated rings. The molecule has 0 unspecified atom stereocenters. The van der Waals surface area contributed by atoms with Gasteiger partial charge in [0, 0.05) is 13.1 Å². The van der Waals surface area contributed by atoms with Crippen LogP contribution >= 0.6 is 0 Å². The standard InChI is InChI=1S/C19H28N4O5/c1-12-18(13(2)28-22-12)21-19(26)20-15-7-6-14(27-16(15)11-24)10-17(25)23-8-4-3-5-9-23/h6-7,14-16,24H,3-5,8-11H2,1-2H3,(H2,20,21,26)/t14-,15+,16+/m0/s1. The number of hydrogen-bond acceptors (Lipinski definition) is 6. The number of piperidine rings is 1. The lowest BCUT2D eigenvalue weighted by molar-refractivity contribution is -0.136. The summed E-state index contributed by atoms with van der Waals surface area (Å²) in [7, 11) is 0. The topological polar surface area (TPSA) is 117 Å². The Morgan fingerprint density at radius 1 is 1.25 bits per heavy atom. The summed E-state index contributed by atoms with van der Waals surface area (Å²) in [5.41, 5.74) is 1.10. The van der Waals surface area contributed by atoms with E-state index in [1.165, 1.54) is 6.42 Å². The number of ether oxygens (including phenoxy) is 1. The first kappa shape index (κ1) is 20.3. The number of aryl methyl sites for hydroxylation is 2. The zero-order valence-corrected chi connectivity index (χ0v) is 16.3. The molecule has 3 atom stereocenters. The number of likely N-dealkylation sites (tertiary alicyclic amines) is 1. The third kappa shape index (κ3) is 4.90. The van der Waals surface area contributed by atoms with Gasteiger partial charge < -0.3 is 29.9 Å². The Bertz CT molecular complexity index is 706. The van der Waals surface area contributed by atoms with E-state index in [1.54, 1.807) is 26.0 Å². The van der Waals surface area contributed by atoms with E-state index >= 15 is 0 Å². The maximum atomic E-state index is 12.4. The molecule has 1 saturated heterocycles. The maximum Gasteiger partial charge on any atom is 0.319 e. The van der Waals surface area contributed by atoms with E-state index < -0.39 is 24.3 Å². The van der Waals surface area contributed by atoms with Gasteiger partial charge in [0.15, 0.2) is 5.76 Å². The smallest absolute Gasteiger partial charge is 0.319 e. The fourth-order valence-corrected chi connectivity index (χ4v) is 3.54. The minimum absolute atomic E-state index is 0.0635. The van der Waals surface area contributed by atoms with Crippen molar-refractivity contribution in [1.29, 1.82) is 0 Å². The molecule has 9 nitrogen and oxygen atoms in total. The average Bonchev–Trinajstić information content (AvgIpc) is 3.01. The number of aliphatic hydroxyl groups excluding tert-OH is 1. The van der Waals surface area contributed by atoms with E-state index in [0.29, 0.717) is 17.1 Å². The number of urea groups is 1. The van der Waals surface area contributed by atoms with Gasteiger partial charge in [0.1, 0.15) is 17.5 Å². The summed E-state index contributed by atoms with van der Waals surface area (Å²) in [6.07, 6.45) is 6.00. The third-order valence-corrected chi connectivity index (χ3v) is 5.12. The number of nitrogens with zero attached hydrogens (tertiary/aromatic N) is 2. The third-order valence-electron chi connectivity index (χ3n) is 5.12. The second kappa shape index (κ2) is 9.20. The van der Waals surface area contributed by atoms with Crippen LogP contribution in [0.1, 0.15) is 37.1 Å². The molecule has 2 aliphatic heterocycles. The number of aliphatic hydroxyl groups is 1. The molecule has 2 aliphatic rings. The monoisotopic (exact) mass is 392 g/mol. The SMILES string of the molecule is Cc1noc(C)c1NC(=O)N[C@@H]1C=C[C@@H](CC(=O)N2CCCCC2)O[C@@H]1CO. The van der Waals surface area contributed by atoms with Crippen molar-refractivity contribution in [2.45, 2.75) is 57.8 Å². The Balaban J connectivity index is 1.55. The molecule has 0 bridgehead atoms. The molecule has 3 amide bonds. The van der Waals surface area contributed by atoms with Crippen molar-refractivity contribution in [3.63, 3.8) is 0 Å². The second-order valence-electron chi connectivity index (χ2n) is 7.25. The Kier molecular flexibility index (Phi) is 6.69. The Morgan fingerprint density at radius 2 is 2.00 bits per heavy atom. The molecule has 0 radical (unpaired) electrons. The highest BCUT2D eigenvalue weighted by molar-refractivity contribution is 5.90. The van der Waals surface area contributed by atoms with Crippen LogP contribution in [-0.4, -0.2) is 65.0 Å². The number of carbonyl (C=O) groups is 2. The highest BCUT2D eigenvalue weighted by Crippen LogP contribution is 2.20. The first-order valence-corrected chi connectivity index (χ1v) is 9.70. The van der Waals surface area contributed by atoms with Crippen LogP contribution in [0.4, 0.5) is 10.5 Å². The molecule has 3 rings (SSSR count). The molecule has 0 aromatic carbocycles. The largest absolute Gasteiger partial charge is 0.394 e. The van der Waals surface area contributed by atoms with Gasteiger partial charge in [0.05, 0.1) is 25.2 Å². The summed E-state index contributed by atoms with van der Waals surface area (Å²) >= 11 is 0. The highest BCUT2D eigenvalue weighted by Gasteiger charge is 2.30. The van der Waals surface area contributed by atoms with E-state index in [4.69, 9.17) is 9.26 Å². The number of aromatic nitrogens is 1. The number of rotatable bonds is 5. The van der Waals surface area contributed by atoms with Gasteiger partial charge in [-0.2, -0.15) is 0 Å². The van der Waals surface area contributed by atoms with Crippen molar-refractivity contribution in [2.24, 2.45) is 0 Å². The fraction of sp³-hybridized carbons (Fsp3) is 0.632. The van der Waals surface area contributed by atoms with Gasteiger partial charge in [0.2, 0.25) is 5.91 Å². The minimum Gasteiger partial charge on any atom is -0.394 e. The average molecular weight is 392 g/mol. The number of hydrogen-bond donors (Lipinski definition) is 3. The quantitative estimate of drug-likeness (QED) is 0.654. The van der Waals surface area contributed by atoms with Gasteiger partial charge in [-0.05, 0) is 33.1 Å². The van der Waals surface area contributed by atoms with Gasteiger partial charge in [0.25, 0.3) is 0 Å². The second-order valence-corrected chi connectivity index (χ2v) is 7.25. The van der Waals surface area contributed by atoms with Crippen molar-refractivity contribution in [3.8, 4) is 0 Å². The lowest BCUT2D eigenvalue weighted by Crippen LogP contribution is -2.50. The number of nitrogens with one attached hydrogen (secondary N) is 2. The zero-order chi connectivity index (χ0) is 20.1. The van der Waals surface area contributed by atoms with Crippen LogP contribution in [0.5, 0.6) is 0 Å². The van der Waals surface area contributed by atoms with Gasteiger partial charge in [-0.3, -0.25) is 4.79 Å². The number of amides is 3. The highest BCUT2D eigenvalue weighted by atomic mass is 16.5. The van der Waals surface area contributed by atoms with E-state index in [1.807, 2.05) is 4.90 Å². The van der Waals surface area contributed by atoms with Crippen molar-refractivity contribution in [1.82, 2.24) is 15.4 Å². The van der Waals surface area contributed by atoms with Crippen LogP contribution in [0.3, 0.4) is 0 Å². The molecule has 9 heteroatoms. The summed E-state index contributed by atoms with van der Waals surface area (Å²) in [5.74, 6) is 0.576. The van der Waals surface area contributed by atoms with E-state index in [-0.39, 0.29) is 18.9 Å². The zero-order valence-electron chi connectivity index (χ0n) is 16.3. The summed E-state index contributed by atoms with van der Waals surface area (Å²) < 4.78 is 10.9. The van der Waals surface area contributed by atoms with Crippen molar-refractivity contribution >= 4 is 17.6 Å². The van der Waals surface area contributed by atoms with E-state index in [9.17, 15) is 14.7 Å². The molecule has 154 valence electrons. The first-order valence-electron chi connectivity index (χ1n) is 9.70. The van der Waals surface area contributed by atoms with Gasteiger partial charge in [-0.1, -0.05) is 17.3 Å². The van der Waals surface area contributed by atoms with Crippen LogP contribution in [0.25, 0.3) is 0 Å². The molecular formula is C19H28N4O5. The van der Waals surface area contributed by atoms with Crippen molar-refractivity contribution in [3.05, 3.63) is 23.6 Å². The number of anilines is 1. The van der Waals surface area contributed by atoms with Crippen LogP contribution in [0, 0.1) is 13.8 Å². The molecule has 3 heterocycles. The van der Waals surface area contributed by atoms with Gasteiger partial charge in [-0.25, -0.2) is 4.79 Å². The summed E-state index contributed by atoms with van der Waals surface area (Å²) in [5, 5.41) is 18.9. The van der Waals surface area contributed by atoms with Crippen LogP contribution < -0.4 is 10.6 Å². The molecule has 1 aromatic heterocycles. The predicted molar refractivity (Wildman–Crippen MR) is 102 cm³/mol. The van der Waals surface area contributed by atoms with Crippen LogP contribution in [0.2, 0.25) is 0 Å². The molecule has 0 spiro atoms. The normalized spacial score (nSPS) is 24.8. The molecule has 0 saturated carbocycles. The Hall–Kier alpha value is -2.39. The van der Waals surface area contributed by atoms with E-state index in [2.05, 4.69) is 15.8 Å². The van der Waals surface area contributed by atoms with Gasteiger partial charge in [-0.15, -0.1) is 0 Å². The van der Waals surface area contributed by atoms with Crippen molar-refractivity contribution in [2.75, 3.05) is 25.0 Å². The molecule has 3 N–H and O–H groups in total. The first-order chi connectivity index (χ1) is 13.5. The Labute approximate surface area is 164 Å². The Morgan fingerprint density at radius 3 is 2.64 bits per heavy atom. The lowest BCUT2D eigenvalue weighted by atomic mass is 10.0. The number of carbonyl (C=O) groups excluding carboxylic acids is 2. The molecular weight excluding hydrogens is 364 g/mol. The van der Waals surface area contributed by atoms with Crippen molar-refractivity contribution < 1.29 is 24.0 Å². The lowest BCUT2D eigenvalue weighted by Gasteiger charge is -2.33. The summed E-state index contributed by atoms with van der Waals surface area (Å²) in [6, 6.07) is -0.958. The molecule has 28 heavy (non-hydrogen) atoms. The predicted octanol–water partition coefficient (Wildman–Crippen LogP) is 1.50. The fourth-order valence-electron chi connectivity index (χ4n) is 3.54. The molecule has 0 aliphatic carbocycles. The summed E-state index contributed by atoms with van der Waals surface area (Å²) in [6.45, 7) is 4.76. The van der Waals surface area contributed by atoms with Crippen LogP contribution in [-0.2, 0) is 9.53 Å².